The van der Waals surface area contributed by atoms with E-state index in [2.05, 4.69) is 5.32 Å². The summed E-state index contributed by atoms with van der Waals surface area (Å²) in [7, 11) is 0. The lowest BCUT2D eigenvalue weighted by atomic mass is 10.2. The first kappa shape index (κ1) is 16.8. The van der Waals surface area contributed by atoms with E-state index in [-0.39, 0.29) is 5.91 Å². The standard InChI is InChI=1S/C20H19ClN2O3/c1-2-25-17-6-4-3-5-13(17)12-22-20(24)16-11-14-15(21)7-8-18-19(14)23(16)9-10-26-18/h3-8,11H,2,9-10,12H2,1H3,(H,22,24). The maximum absolute atomic E-state index is 12.8. The van der Waals surface area contributed by atoms with Crippen molar-refractivity contribution in [3.63, 3.8) is 0 Å². The SMILES string of the molecule is CCOc1ccccc1CNC(=O)c1cc2c(Cl)ccc3c2n1CCO3. The van der Waals surface area contributed by atoms with Crippen molar-refractivity contribution in [3.05, 3.63) is 58.7 Å². The molecule has 1 aromatic heterocycles. The average Bonchev–Trinajstić information content (AvgIpc) is 3.06. The number of rotatable bonds is 5. The second-order valence-electron chi connectivity index (χ2n) is 6.06. The van der Waals surface area contributed by atoms with Crippen LogP contribution in [-0.2, 0) is 13.1 Å². The molecule has 0 spiro atoms. The molecule has 0 radical (unpaired) electrons. The molecule has 1 N–H and O–H groups in total. The summed E-state index contributed by atoms with van der Waals surface area (Å²) in [4.78, 5) is 12.8. The van der Waals surface area contributed by atoms with Gasteiger partial charge in [0.25, 0.3) is 5.91 Å². The van der Waals surface area contributed by atoms with Crippen LogP contribution < -0.4 is 14.8 Å². The third-order valence-corrected chi connectivity index (χ3v) is 4.82. The van der Waals surface area contributed by atoms with E-state index in [9.17, 15) is 4.79 Å². The molecule has 2 heterocycles. The Kier molecular flexibility index (Phi) is 4.47. The second-order valence-corrected chi connectivity index (χ2v) is 6.47. The van der Waals surface area contributed by atoms with Crippen LogP contribution in [-0.4, -0.2) is 23.7 Å². The average molecular weight is 371 g/mol. The van der Waals surface area contributed by atoms with Gasteiger partial charge in [-0.05, 0) is 31.2 Å². The molecule has 0 atom stereocenters. The summed E-state index contributed by atoms with van der Waals surface area (Å²) in [6.45, 7) is 4.07. The van der Waals surface area contributed by atoms with Crippen molar-refractivity contribution >= 4 is 28.4 Å². The number of aromatic nitrogens is 1. The van der Waals surface area contributed by atoms with Crippen molar-refractivity contribution in [3.8, 4) is 11.5 Å². The van der Waals surface area contributed by atoms with Crippen LogP contribution >= 0.6 is 11.6 Å². The number of nitrogens with one attached hydrogen (secondary N) is 1. The number of ether oxygens (including phenoxy) is 2. The molecule has 6 heteroatoms. The fourth-order valence-electron chi connectivity index (χ4n) is 3.31. The van der Waals surface area contributed by atoms with Gasteiger partial charge in [0.05, 0.1) is 23.7 Å². The third-order valence-electron chi connectivity index (χ3n) is 4.49. The van der Waals surface area contributed by atoms with Gasteiger partial charge in [-0.25, -0.2) is 0 Å². The summed E-state index contributed by atoms with van der Waals surface area (Å²) >= 11 is 6.31. The zero-order valence-electron chi connectivity index (χ0n) is 14.4. The molecule has 0 fully saturated rings. The highest BCUT2D eigenvalue weighted by Crippen LogP contribution is 2.36. The van der Waals surface area contributed by atoms with Crippen molar-refractivity contribution in [2.45, 2.75) is 20.0 Å². The Labute approximate surface area is 156 Å². The van der Waals surface area contributed by atoms with Gasteiger partial charge in [0.15, 0.2) is 0 Å². The third kappa shape index (κ3) is 2.88. The van der Waals surface area contributed by atoms with Crippen LogP contribution in [0, 0.1) is 0 Å². The first-order valence-corrected chi connectivity index (χ1v) is 9.00. The number of amides is 1. The van der Waals surface area contributed by atoms with E-state index < -0.39 is 0 Å². The van der Waals surface area contributed by atoms with E-state index in [1.165, 1.54) is 0 Å². The lowest BCUT2D eigenvalue weighted by Gasteiger charge is -2.19. The van der Waals surface area contributed by atoms with Crippen molar-refractivity contribution in [2.24, 2.45) is 0 Å². The normalized spacial score (nSPS) is 12.7. The number of carbonyl (C=O) groups is 1. The topological polar surface area (TPSA) is 52.5 Å². The molecule has 4 rings (SSSR count). The minimum Gasteiger partial charge on any atom is -0.494 e. The van der Waals surface area contributed by atoms with E-state index in [0.29, 0.717) is 37.0 Å². The number of hydrogen-bond donors (Lipinski definition) is 1. The van der Waals surface area contributed by atoms with Crippen molar-refractivity contribution in [1.82, 2.24) is 9.88 Å². The van der Waals surface area contributed by atoms with Crippen molar-refractivity contribution in [1.29, 1.82) is 0 Å². The Morgan fingerprint density at radius 1 is 1.31 bits per heavy atom. The highest BCUT2D eigenvalue weighted by molar-refractivity contribution is 6.36. The summed E-state index contributed by atoms with van der Waals surface area (Å²) in [6.07, 6.45) is 0. The molecule has 3 aromatic rings. The minimum atomic E-state index is -0.142. The van der Waals surface area contributed by atoms with Crippen LogP contribution in [0.2, 0.25) is 5.02 Å². The molecule has 26 heavy (non-hydrogen) atoms. The fraction of sp³-hybridized carbons (Fsp3) is 0.250. The van der Waals surface area contributed by atoms with Gasteiger partial charge in [0.1, 0.15) is 23.8 Å². The first-order valence-electron chi connectivity index (χ1n) is 8.62. The van der Waals surface area contributed by atoms with E-state index in [4.69, 9.17) is 21.1 Å². The molecule has 0 saturated carbocycles. The molecule has 134 valence electrons. The molecular formula is C20H19ClN2O3. The molecule has 1 amide bonds. The molecule has 0 bridgehead atoms. The maximum Gasteiger partial charge on any atom is 0.268 e. The Morgan fingerprint density at radius 2 is 2.15 bits per heavy atom. The number of nitrogens with zero attached hydrogens (tertiary/aromatic N) is 1. The number of para-hydroxylation sites is 1. The monoisotopic (exact) mass is 370 g/mol. The zero-order chi connectivity index (χ0) is 18.1. The van der Waals surface area contributed by atoms with Crippen LogP contribution in [0.5, 0.6) is 11.5 Å². The van der Waals surface area contributed by atoms with E-state index in [1.54, 1.807) is 6.07 Å². The van der Waals surface area contributed by atoms with Crippen molar-refractivity contribution < 1.29 is 14.3 Å². The number of hydrogen-bond acceptors (Lipinski definition) is 3. The number of carbonyl (C=O) groups excluding carboxylic acids is 1. The van der Waals surface area contributed by atoms with Gasteiger partial charge in [-0.1, -0.05) is 29.8 Å². The van der Waals surface area contributed by atoms with Crippen LogP contribution in [0.25, 0.3) is 10.9 Å². The van der Waals surface area contributed by atoms with Crippen molar-refractivity contribution in [2.75, 3.05) is 13.2 Å². The predicted molar refractivity (Wildman–Crippen MR) is 101 cm³/mol. The summed E-state index contributed by atoms with van der Waals surface area (Å²) in [5.74, 6) is 1.41. The lowest BCUT2D eigenvalue weighted by molar-refractivity contribution is 0.0940. The summed E-state index contributed by atoms with van der Waals surface area (Å²) < 4.78 is 13.3. The fourth-order valence-corrected chi connectivity index (χ4v) is 3.52. The highest BCUT2D eigenvalue weighted by Gasteiger charge is 2.22. The van der Waals surface area contributed by atoms with E-state index >= 15 is 0 Å². The van der Waals surface area contributed by atoms with Gasteiger partial charge in [0, 0.05) is 17.5 Å². The Balaban J connectivity index is 1.62. The minimum absolute atomic E-state index is 0.142. The van der Waals surface area contributed by atoms with Crippen LogP contribution in [0.3, 0.4) is 0 Å². The largest absolute Gasteiger partial charge is 0.494 e. The van der Waals surface area contributed by atoms with E-state index in [1.807, 2.05) is 47.9 Å². The molecule has 2 aromatic carbocycles. The zero-order valence-corrected chi connectivity index (χ0v) is 15.2. The van der Waals surface area contributed by atoms with Crippen LogP contribution in [0.4, 0.5) is 0 Å². The Bertz CT molecular complexity index is 981. The molecular weight excluding hydrogens is 352 g/mol. The van der Waals surface area contributed by atoms with Gasteiger partial charge in [-0.15, -0.1) is 0 Å². The molecule has 1 aliphatic heterocycles. The van der Waals surface area contributed by atoms with Crippen LogP contribution in [0.1, 0.15) is 23.0 Å². The molecule has 1 aliphatic rings. The first-order chi connectivity index (χ1) is 12.7. The summed E-state index contributed by atoms with van der Waals surface area (Å²) in [5, 5.41) is 4.44. The maximum atomic E-state index is 12.8. The van der Waals surface area contributed by atoms with Gasteiger partial charge in [-0.2, -0.15) is 0 Å². The molecule has 0 unspecified atom stereocenters. The van der Waals surface area contributed by atoms with Crippen LogP contribution in [0.15, 0.2) is 42.5 Å². The predicted octanol–water partition coefficient (Wildman–Crippen LogP) is 4.02. The van der Waals surface area contributed by atoms with Gasteiger partial charge in [-0.3, -0.25) is 4.79 Å². The summed E-state index contributed by atoms with van der Waals surface area (Å²) in [6, 6.07) is 13.2. The smallest absolute Gasteiger partial charge is 0.268 e. The Hall–Kier alpha value is -2.66. The number of benzene rings is 2. The van der Waals surface area contributed by atoms with E-state index in [0.717, 1.165) is 28.0 Å². The van der Waals surface area contributed by atoms with Gasteiger partial charge >= 0.3 is 0 Å². The molecule has 0 aliphatic carbocycles. The van der Waals surface area contributed by atoms with Gasteiger partial charge < -0.3 is 19.4 Å². The lowest BCUT2D eigenvalue weighted by Crippen LogP contribution is -2.27. The molecule has 5 nitrogen and oxygen atoms in total. The highest BCUT2D eigenvalue weighted by atomic mass is 35.5. The summed E-state index contributed by atoms with van der Waals surface area (Å²) in [5.41, 5.74) is 2.41. The second kappa shape index (κ2) is 6.92. The molecule has 0 saturated heterocycles. The van der Waals surface area contributed by atoms with Gasteiger partial charge in [0.2, 0.25) is 0 Å². The quantitative estimate of drug-likeness (QED) is 0.738. The number of halogens is 1. The Morgan fingerprint density at radius 3 is 3.00 bits per heavy atom.